The van der Waals surface area contributed by atoms with E-state index in [2.05, 4.69) is 20.4 Å². The number of halogens is 4. The van der Waals surface area contributed by atoms with Crippen molar-refractivity contribution in [2.45, 2.75) is 19.3 Å². The Labute approximate surface area is 187 Å². The van der Waals surface area contributed by atoms with Gasteiger partial charge in [0.2, 0.25) is 0 Å². The molecule has 3 rings (SSSR count). The molecule has 3 aromatic rings. The molecule has 2 aromatic heterocycles. The van der Waals surface area contributed by atoms with Gasteiger partial charge in [-0.3, -0.25) is 4.99 Å². The second kappa shape index (κ2) is 10.1. The lowest BCUT2D eigenvalue weighted by molar-refractivity contribution is -0.140. The van der Waals surface area contributed by atoms with Crippen molar-refractivity contribution in [1.82, 2.24) is 25.0 Å². The molecular weight excluding hydrogens is 516 g/mol. The molecule has 11 heteroatoms. The van der Waals surface area contributed by atoms with Gasteiger partial charge < -0.3 is 10.2 Å². The Balaban J connectivity index is 0.00000300. The summed E-state index contributed by atoms with van der Waals surface area (Å²) in [5.41, 5.74) is 1.07. The van der Waals surface area contributed by atoms with Crippen molar-refractivity contribution in [1.29, 1.82) is 0 Å². The fourth-order valence-corrected chi connectivity index (χ4v) is 3.31. The van der Waals surface area contributed by atoms with Crippen molar-refractivity contribution < 1.29 is 13.2 Å². The van der Waals surface area contributed by atoms with E-state index in [1.807, 2.05) is 48.5 Å². The van der Waals surface area contributed by atoms with Crippen LogP contribution in [0.5, 0.6) is 0 Å². The zero-order valence-corrected chi connectivity index (χ0v) is 18.9. The highest BCUT2D eigenvalue weighted by molar-refractivity contribution is 14.0. The van der Waals surface area contributed by atoms with E-state index in [-0.39, 0.29) is 30.5 Å². The molecule has 1 aromatic carbocycles. The molecule has 0 aliphatic heterocycles. The Morgan fingerprint density at radius 2 is 2.00 bits per heavy atom. The number of aliphatic imine (C=N–C) groups is 1. The number of alkyl halides is 3. The third-order valence-corrected chi connectivity index (χ3v) is 4.74. The summed E-state index contributed by atoms with van der Waals surface area (Å²) in [5.74, 6) is 0.552. The van der Waals surface area contributed by atoms with E-state index in [0.717, 1.165) is 28.0 Å². The number of nitrogens with zero attached hydrogens (tertiary/aromatic N) is 5. The predicted octanol–water partition coefficient (Wildman–Crippen LogP) is 4.17. The number of guanidine groups is 1. The molecule has 29 heavy (non-hydrogen) atoms. The van der Waals surface area contributed by atoms with Crippen LogP contribution in [-0.2, 0) is 19.3 Å². The molecule has 0 aliphatic rings. The quantitative estimate of drug-likeness (QED) is 0.302. The molecule has 0 saturated carbocycles. The minimum Gasteiger partial charge on any atom is -0.350 e. The van der Waals surface area contributed by atoms with E-state index in [0.29, 0.717) is 17.5 Å². The van der Waals surface area contributed by atoms with Crippen LogP contribution < -0.4 is 5.32 Å². The van der Waals surface area contributed by atoms with Gasteiger partial charge in [-0.05, 0) is 12.1 Å². The topological polar surface area (TPSA) is 58.3 Å². The number of nitrogens with one attached hydrogen (secondary N) is 1. The van der Waals surface area contributed by atoms with Gasteiger partial charge in [-0.15, -0.1) is 35.3 Å². The van der Waals surface area contributed by atoms with Crippen molar-refractivity contribution in [3.63, 3.8) is 0 Å². The van der Waals surface area contributed by atoms with E-state index < -0.39 is 11.9 Å². The van der Waals surface area contributed by atoms with Crippen LogP contribution in [0.25, 0.3) is 5.69 Å². The van der Waals surface area contributed by atoms with Gasteiger partial charge in [0.15, 0.2) is 11.7 Å². The second-order valence-corrected chi connectivity index (χ2v) is 6.95. The number of rotatable bonds is 5. The van der Waals surface area contributed by atoms with Crippen molar-refractivity contribution >= 4 is 41.3 Å². The molecule has 0 spiro atoms. The molecule has 0 aliphatic carbocycles. The lowest BCUT2D eigenvalue weighted by atomic mass is 10.3. The maximum absolute atomic E-state index is 12.6. The van der Waals surface area contributed by atoms with Crippen LogP contribution >= 0.6 is 35.3 Å². The summed E-state index contributed by atoms with van der Waals surface area (Å²) < 4.78 is 39.7. The number of thiazole rings is 1. The first-order chi connectivity index (χ1) is 13.4. The second-order valence-electron chi connectivity index (χ2n) is 6.01. The van der Waals surface area contributed by atoms with Crippen LogP contribution in [0.4, 0.5) is 13.2 Å². The molecule has 0 saturated heterocycles. The van der Waals surface area contributed by atoms with Crippen LogP contribution in [0.3, 0.4) is 0 Å². The zero-order chi connectivity index (χ0) is 20.1. The molecule has 156 valence electrons. The van der Waals surface area contributed by atoms with Gasteiger partial charge in [-0.25, -0.2) is 9.67 Å². The molecule has 6 nitrogen and oxygen atoms in total. The third kappa shape index (κ3) is 6.16. The largest absolute Gasteiger partial charge is 0.434 e. The Bertz CT molecular complexity index is 938. The van der Waals surface area contributed by atoms with Crippen LogP contribution in [0.15, 0.2) is 53.1 Å². The summed E-state index contributed by atoms with van der Waals surface area (Å²) in [7, 11) is 3.47. The van der Waals surface area contributed by atoms with Gasteiger partial charge in [-0.1, -0.05) is 18.2 Å². The minimum absolute atomic E-state index is 0. The minimum atomic E-state index is -4.42. The average Bonchev–Trinajstić information content (AvgIpc) is 3.32. The standard InChI is InChI=1S/C18H19F3N6S.HI/c1-22-17(23-9-16-25-15(12-28-16)18(19,20)21)26(2)10-13-8-24-27(11-13)14-6-4-3-5-7-14;/h3-8,11-12H,9-10H2,1-2H3,(H,22,23);1H. The zero-order valence-electron chi connectivity index (χ0n) is 15.7. The Kier molecular flexibility index (Phi) is 8.02. The molecule has 0 bridgehead atoms. The fourth-order valence-electron chi connectivity index (χ4n) is 2.57. The highest BCUT2D eigenvalue weighted by atomic mass is 127. The monoisotopic (exact) mass is 536 g/mol. The Hall–Kier alpha value is -2.15. The van der Waals surface area contributed by atoms with Crippen LogP contribution in [0, 0.1) is 0 Å². The first-order valence-electron chi connectivity index (χ1n) is 8.39. The summed E-state index contributed by atoms with van der Waals surface area (Å²) in [5, 5.41) is 8.76. The van der Waals surface area contributed by atoms with Crippen LogP contribution in [-0.4, -0.2) is 39.7 Å². The first kappa shape index (κ1) is 23.1. The molecule has 0 radical (unpaired) electrons. The molecule has 0 atom stereocenters. The molecular formula is C18H20F3IN6S. The van der Waals surface area contributed by atoms with E-state index in [4.69, 9.17) is 0 Å². The molecule has 2 heterocycles. The van der Waals surface area contributed by atoms with Crippen molar-refractivity contribution in [3.05, 3.63) is 64.4 Å². The number of aromatic nitrogens is 3. The highest BCUT2D eigenvalue weighted by Crippen LogP contribution is 2.29. The van der Waals surface area contributed by atoms with Crippen molar-refractivity contribution in [2.24, 2.45) is 4.99 Å². The Morgan fingerprint density at radius 1 is 1.28 bits per heavy atom. The van der Waals surface area contributed by atoms with Crippen molar-refractivity contribution in [2.75, 3.05) is 14.1 Å². The predicted molar refractivity (Wildman–Crippen MR) is 118 cm³/mol. The van der Waals surface area contributed by atoms with Gasteiger partial charge in [0.1, 0.15) is 5.01 Å². The number of hydrogen-bond acceptors (Lipinski definition) is 4. The first-order valence-corrected chi connectivity index (χ1v) is 9.27. The Morgan fingerprint density at radius 3 is 2.62 bits per heavy atom. The molecule has 0 fully saturated rings. The van der Waals surface area contributed by atoms with E-state index >= 15 is 0 Å². The lowest BCUT2D eigenvalue weighted by Gasteiger charge is -2.21. The van der Waals surface area contributed by atoms with Crippen molar-refractivity contribution in [3.8, 4) is 5.69 Å². The van der Waals surface area contributed by atoms with E-state index in [1.165, 1.54) is 0 Å². The maximum atomic E-state index is 12.6. The lowest BCUT2D eigenvalue weighted by Crippen LogP contribution is -2.38. The number of para-hydroxylation sites is 1. The van der Waals surface area contributed by atoms with Gasteiger partial charge in [0.25, 0.3) is 0 Å². The summed E-state index contributed by atoms with van der Waals surface area (Å²) in [4.78, 5) is 9.66. The molecule has 1 N–H and O–H groups in total. The number of hydrogen-bond donors (Lipinski definition) is 1. The maximum Gasteiger partial charge on any atom is 0.434 e. The highest BCUT2D eigenvalue weighted by Gasteiger charge is 2.33. The van der Waals surface area contributed by atoms with Gasteiger partial charge in [0, 0.05) is 37.8 Å². The summed E-state index contributed by atoms with van der Waals surface area (Å²) in [6, 6.07) is 9.75. The van der Waals surface area contributed by atoms with E-state index in [1.54, 1.807) is 17.9 Å². The van der Waals surface area contributed by atoms with Crippen LogP contribution in [0.2, 0.25) is 0 Å². The summed E-state index contributed by atoms with van der Waals surface area (Å²) in [6.45, 7) is 0.708. The average molecular weight is 536 g/mol. The normalized spacial score (nSPS) is 11.8. The van der Waals surface area contributed by atoms with Gasteiger partial charge >= 0.3 is 6.18 Å². The fraction of sp³-hybridized carbons (Fsp3) is 0.278. The van der Waals surface area contributed by atoms with Gasteiger partial charge in [-0.2, -0.15) is 18.3 Å². The molecule has 0 unspecified atom stereocenters. The van der Waals surface area contributed by atoms with Gasteiger partial charge in [0.05, 0.1) is 18.4 Å². The smallest absolute Gasteiger partial charge is 0.350 e. The number of benzene rings is 1. The summed E-state index contributed by atoms with van der Waals surface area (Å²) >= 11 is 0.965. The SMILES string of the molecule is CN=C(NCc1nc(C(F)(F)F)cs1)N(C)Cc1cnn(-c2ccccc2)c1.I. The summed E-state index contributed by atoms with van der Waals surface area (Å²) in [6.07, 6.45) is -0.727. The van der Waals surface area contributed by atoms with Crippen LogP contribution in [0.1, 0.15) is 16.3 Å². The molecule has 0 amide bonds. The third-order valence-electron chi connectivity index (χ3n) is 3.89. The van der Waals surface area contributed by atoms with E-state index in [9.17, 15) is 13.2 Å².